The van der Waals surface area contributed by atoms with Gasteiger partial charge < -0.3 is 4.74 Å². The van der Waals surface area contributed by atoms with E-state index in [1.807, 2.05) is 19.1 Å². The van der Waals surface area contributed by atoms with Crippen LogP contribution in [0.15, 0.2) is 48.6 Å². The van der Waals surface area contributed by atoms with Gasteiger partial charge in [-0.2, -0.15) is 0 Å². The van der Waals surface area contributed by atoms with Crippen LogP contribution >= 0.6 is 0 Å². The van der Waals surface area contributed by atoms with Gasteiger partial charge in [-0.15, -0.1) is 0 Å². The summed E-state index contributed by atoms with van der Waals surface area (Å²) in [5.41, 5.74) is 2.79. The fourth-order valence-corrected chi connectivity index (χ4v) is 3.29. The Labute approximate surface area is 136 Å². The second-order valence-electron chi connectivity index (χ2n) is 6.35. The third-order valence-corrected chi connectivity index (χ3v) is 4.72. The fourth-order valence-electron chi connectivity index (χ4n) is 3.29. The third kappa shape index (κ3) is 5.46. The van der Waals surface area contributed by atoms with Crippen LogP contribution in [-0.2, 0) is 11.3 Å². The molecular formula is C21H30O. The molecule has 0 bridgehead atoms. The molecule has 0 spiro atoms. The Morgan fingerprint density at radius 1 is 0.955 bits per heavy atom. The lowest BCUT2D eigenvalue weighted by Crippen LogP contribution is -2.12. The minimum Gasteiger partial charge on any atom is -0.373 e. The molecule has 0 N–H and O–H groups in total. The van der Waals surface area contributed by atoms with E-state index in [0.29, 0.717) is 13.2 Å². The fraction of sp³-hybridized carbons (Fsp3) is 0.524. The Morgan fingerprint density at radius 3 is 2.27 bits per heavy atom. The topological polar surface area (TPSA) is 9.23 Å². The predicted molar refractivity (Wildman–Crippen MR) is 95.0 cm³/mol. The highest BCUT2D eigenvalue weighted by Crippen LogP contribution is 2.37. The van der Waals surface area contributed by atoms with E-state index in [0.717, 1.165) is 11.8 Å². The lowest BCUT2D eigenvalue weighted by atomic mass is 9.77. The second kappa shape index (κ2) is 9.63. The van der Waals surface area contributed by atoms with Gasteiger partial charge in [-0.1, -0.05) is 48.6 Å². The van der Waals surface area contributed by atoms with E-state index in [1.165, 1.54) is 43.2 Å². The van der Waals surface area contributed by atoms with Crippen molar-refractivity contribution in [2.24, 2.45) is 5.92 Å². The highest BCUT2D eigenvalue weighted by atomic mass is 16.5. The quantitative estimate of drug-likeness (QED) is 0.442. The first-order valence-electron chi connectivity index (χ1n) is 8.72. The smallest absolute Gasteiger partial charge is 0.0721 e. The standard InChI is InChI=1S/C21H30O/c1-3-5-7-18-8-12-20(13-9-18)21-14-10-19(11-15-21)17-22-16-6-4-2/h3-6,10-11,14-15,18,20H,7-9,12-13,16-17H2,1-2H3/t18-,20-. The van der Waals surface area contributed by atoms with Crippen LogP contribution in [0.5, 0.6) is 0 Å². The van der Waals surface area contributed by atoms with Gasteiger partial charge in [0.1, 0.15) is 0 Å². The van der Waals surface area contributed by atoms with E-state index in [4.69, 9.17) is 4.74 Å². The molecule has 0 radical (unpaired) electrons. The molecular weight excluding hydrogens is 268 g/mol. The van der Waals surface area contributed by atoms with Gasteiger partial charge in [-0.05, 0) is 68.9 Å². The molecule has 1 aliphatic carbocycles. The van der Waals surface area contributed by atoms with Crippen LogP contribution in [0, 0.1) is 5.92 Å². The maximum Gasteiger partial charge on any atom is 0.0721 e. The molecule has 0 aliphatic heterocycles. The zero-order valence-electron chi connectivity index (χ0n) is 14.1. The lowest BCUT2D eigenvalue weighted by molar-refractivity contribution is 0.148. The van der Waals surface area contributed by atoms with Gasteiger partial charge in [0.2, 0.25) is 0 Å². The normalized spacial score (nSPS) is 22.6. The van der Waals surface area contributed by atoms with Crippen molar-refractivity contribution in [3.05, 3.63) is 59.7 Å². The Bertz CT molecular complexity index is 461. The molecule has 120 valence electrons. The molecule has 1 fully saturated rings. The average Bonchev–Trinajstić information content (AvgIpc) is 2.58. The van der Waals surface area contributed by atoms with Crippen LogP contribution in [0.3, 0.4) is 0 Å². The van der Waals surface area contributed by atoms with Crippen molar-refractivity contribution in [1.29, 1.82) is 0 Å². The van der Waals surface area contributed by atoms with Gasteiger partial charge in [0.05, 0.1) is 13.2 Å². The molecule has 0 saturated heterocycles. The molecule has 1 aromatic carbocycles. The van der Waals surface area contributed by atoms with E-state index in [-0.39, 0.29) is 0 Å². The summed E-state index contributed by atoms with van der Waals surface area (Å²) in [6.07, 6.45) is 15.3. The largest absolute Gasteiger partial charge is 0.373 e. The molecule has 2 rings (SSSR count). The molecule has 0 aromatic heterocycles. The van der Waals surface area contributed by atoms with E-state index in [2.05, 4.69) is 43.3 Å². The van der Waals surface area contributed by atoms with E-state index in [9.17, 15) is 0 Å². The zero-order valence-corrected chi connectivity index (χ0v) is 14.1. The van der Waals surface area contributed by atoms with Crippen molar-refractivity contribution in [1.82, 2.24) is 0 Å². The molecule has 22 heavy (non-hydrogen) atoms. The van der Waals surface area contributed by atoms with Crippen LogP contribution in [0.25, 0.3) is 0 Å². The maximum atomic E-state index is 5.60. The molecule has 1 saturated carbocycles. The first-order valence-corrected chi connectivity index (χ1v) is 8.72. The van der Waals surface area contributed by atoms with Crippen LogP contribution in [0.2, 0.25) is 0 Å². The highest BCUT2D eigenvalue weighted by molar-refractivity contribution is 5.25. The minimum absolute atomic E-state index is 0.703. The van der Waals surface area contributed by atoms with Gasteiger partial charge in [0, 0.05) is 0 Å². The molecule has 0 amide bonds. The first kappa shape index (κ1) is 17.0. The Morgan fingerprint density at radius 2 is 1.64 bits per heavy atom. The highest BCUT2D eigenvalue weighted by Gasteiger charge is 2.21. The summed E-state index contributed by atoms with van der Waals surface area (Å²) in [6, 6.07) is 9.09. The monoisotopic (exact) mass is 298 g/mol. The summed E-state index contributed by atoms with van der Waals surface area (Å²) >= 11 is 0. The molecule has 1 aliphatic rings. The van der Waals surface area contributed by atoms with E-state index in [1.54, 1.807) is 0 Å². The summed E-state index contributed by atoms with van der Waals surface area (Å²) in [5, 5.41) is 0. The van der Waals surface area contributed by atoms with Crippen molar-refractivity contribution >= 4 is 0 Å². The first-order chi connectivity index (χ1) is 10.8. The number of ether oxygens (including phenoxy) is 1. The SMILES string of the molecule is CC=CCOCc1ccc([C@H]2CC[C@H](CC=CC)CC2)cc1. The Balaban J connectivity index is 1.79. The summed E-state index contributed by atoms with van der Waals surface area (Å²) in [5.74, 6) is 1.67. The van der Waals surface area contributed by atoms with Crippen molar-refractivity contribution < 1.29 is 4.74 Å². The van der Waals surface area contributed by atoms with Crippen LogP contribution in [-0.4, -0.2) is 6.61 Å². The average molecular weight is 298 g/mol. The van der Waals surface area contributed by atoms with Crippen molar-refractivity contribution in [3.63, 3.8) is 0 Å². The summed E-state index contributed by atoms with van der Waals surface area (Å²) < 4.78 is 5.60. The molecule has 1 nitrogen and oxygen atoms in total. The number of benzene rings is 1. The second-order valence-corrected chi connectivity index (χ2v) is 6.35. The summed E-state index contributed by atoms with van der Waals surface area (Å²) in [6.45, 7) is 5.55. The van der Waals surface area contributed by atoms with Crippen LogP contribution in [0.1, 0.15) is 63.0 Å². The number of hydrogen-bond donors (Lipinski definition) is 0. The molecule has 0 unspecified atom stereocenters. The predicted octanol–water partition coefficient (Wildman–Crippen LogP) is 6.02. The van der Waals surface area contributed by atoms with Gasteiger partial charge in [0.15, 0.2) is 0 Å². The Kier molecular flexibility index (Phi) is 7.45. The van der Waals surface area contributed by atoms with Crippen LogP contribution in [0.4, 0.5) is 0 Å². The van der Waals surface area contributed by atoms with Gasteiger partial charge in [-0.3, -0.25) is 0 Å². The number of hydrogen-bond acceptors (Lipinski definition) is 1. The van der Waals surface area contributed by atoms with Gasteiger partial charge in [-0.25, -0.2) is 0 Å². The van der Waals surface area contributed by atoms with Gasteiger partial charge in [0.25, 0.3) is 0 Å². The number of allylic oxidation sites excluding steroid dienone is 3. The van der Waals surface area contributed by atoms with Crippen molar-refractivity contribution in [2.45, 2.75) is 58.5 Å². The number of rotatable bonds is 7. The van der Waals surface area contributed by atoms with Gasteiger partial charge >= 0.3 is 0 Å². The summed E-state index contributed by atoms with van der Waals surface area (Å²) in [4.78, 5) is 0. The molecule has 0 heterocycles. The third-order valence-electron chi connectivity index (χ3n) is 4.72. The van der Waals surface area contributed by atoms with Crippen molar-refractivity contribution in [2.75, 3.05) is 6.61 Å². The molecule has 1 heteroatoms. The van der Waals surface area contributed by atoms with E-state index < -0.39 is 0 Å². The molecule has 0 atom stereocenters. The molecule has 1 aromatic rings. The minimum atomic E-state index is 0.703. The van der Waals surface area contributed by atoms with E-state index >= 15 is 0 Å². The summed E-state index contributed by atoms with van der Waals surface area (Å²) in [7, 11) is 0. The maximum absolute atomic E-state index is 5.60. The lowest BCUT2D eigenvalue weighted by Gasteiger charge is -2.28. The van der Waals surface area contributed by atoms with Crippen LogP contribution < -0.4 is 0 Å². The Hall–Kier alpha value is -1.34. The van der Waals surface area contributed by atoms with Crippen molar-refractivity contribution in [3.8, 4) is 0 Å². The zero-order chi connectivity index (χ0) is 15.6.